The Balaban J connectivity index is 1.59. The third kappa shape index (κ3) is 5.35. The first-order valence-electron chi connectivity index (χ1n) is 9.62. The smallest absolute Gasteiger partial charge is 0.264 e. The molecular weight excluding hydrogens is 390 g/mol. The molecule has 0 spiro atoms. The van der Waals surface area contributed by atoms with Crippen molar-refractivity contribution in [3.05, 3.63) is 59.7 Å². The van der Waals surface area contributed by atoms with Gasteiger partial charge in [0.05, 0.1) is 23.8 Å². The van der Waals surface area contributed by atoms with E-state index in [1.165, 1.54) is 11.4 Å². The number of morpholine rings is 1. The number of ether oxygens (including phenoxy) is 1. The van der Waals surface area contributed by atoms with Gasteiger partial charge in [-0.25, -0.2) is 8.42 Å². The summed E-state index contributed by atoms with van der Waals surface area (Å²) in [5, 5.41) is 2.90. The molecule has 1 aliphatic rings. The average Bonchev–Trinajstić information content (AvgIpc) is 2.74. The first-order chi connectivity index (χ1) is 13.9. The number of sulfonamides is 1. The third-order valence-electron chi connectivity index (χ3n) is 4.99. The maximum atomic E-state index is 12.8. The van der Waals surface area contributed by atoms with Crippen molar-refractivity contribution in [1.29, 1.82) is 0 Å². The van der Waals surface area contributed by atoms with Crippen LogP contribution in [-0.4, -0.2) is 65.7 Å². The fourth-order valence-electron chi connectivity index (χ4n) is 3.08. The van der Waals surface area contributed by atoms with E-state index < -0.39 is 10.0 Å². The summed E-state index contributed by atoms with van der Waals surface area (Å²) in [6, 6.07) is 13.3. The summed E-state index contributed by atoms with van der Waals surface area (Å²) in [6.45, 7) is 6.47. The van der Waals surface area contributed by atoms with Crippen molar-refractivity contribution in [2.24, 2.45) is 0 Å². The van der Waals surface area contributed by atoms with Crippen LogP contribution in [-0.2, 0) is 14.8 Å². The minimum Gasteiger partial charge on any atom is -0.379 e. The van der Waals surface area contributed by atoms with Gasteiger partial charge in [-0.2, -0.15) is 0 Å². The molecule has 8 heteroatoms. The van der Waals surface area contributed by atoms with Crippen LogP contribution in [0.5, 0.6) is 0 Å². The zero-order valence-corrected chi connectivity index (χ0v) is 17.6. The van der Waals surface area contributed by atoms with Crippen LogP contribution in [0.25, 0.3) is 0 Å². The zero-order valence-electron chi connectivity index (χ0n) is 16.8. The highest BCUT2D eigenvalue weighted by molar-refractivity contribution is 7.92. The average molecular weight is 418 g/mol. The number of benzene rings is 2. The number of aryl methyl sites for hydroxylation is 1. The second kappa shape index (κ2) is 9.39. The van der Waals surface area contributed by atoms with Gasteiger partial charge in [0.2, 0.25) is 0 Å². The van der Waals surface area contributed by atoms with Gasteiger partial charge in [0.15, 0.2) is 0 Å². The van der Waals surface area contributed by atoms with E-state index in [4.69, 9.17) is 4.74 Å². The Labute approximate surface area is 172 Å². The second-order valence-corrected chi connectivity index (χ2v) is 9.01. The van der Waals surface area contributed by atoms with Crippen molar-refractivity contribution in [2.45, 2.75) is 11.8 Å². The van der Waals surface area contributed by atoms with E-state index in [0.29, 0.717) is 17.8 Å². The molecule has 0 aliphatic carbocycles. The highest BCUT2D eigenvalue weighted by Gasteiger charge is 2.21. The highest BCUT2D eigenvalue weighted by Crippen LogP contribution is 2.22. The molecule has 3 rings (SSSR count). The Bertz CT molecular complexity index is 921. The molecule has 0 aromatic heterocycles. The Kier molecular flexibility index (Phi) is 6.89. The van der Waals surface area contributed by atoms with Crippen LogP contribution in [0.4, 0.5) is 5.69 Å². The minimum atomic E-state index is -3.65. The van der Waals surface area contributed by atoms with E-state index in [1.807, 2.05) is 6.92 Å². The normalized spacial score (nSPS) is 15.1. The molecule has 1 heterocycles. The van der Waals surface area contributed by atoms with Crippen molar-refractivity contribution >= 4 is 21.6 Å². The number of hydrogen-bond donors (Lipinski definition) is 1. The first-order valence-corrected chi connectivity index (χ1v) is 11.1. The van der Waals surface area contributed by atoms with Crippen LogP contribution in [0.15, 0.2) is 53.4 Å². The quantitative estimate of drug-likeness (QED) is 0.744. The number of nitrogens with one attached hydrogen (secondary N) is 1. The predicted octanol–water partition coefficient (Wildman–Crippen LogP) is 1.88. The van der Waals surface area contributed by atoms with Crippen molar-refractivity contribution < 1.29 is 17.9 Å². The largest absolute Gasteiger partial charge is 0.379 e. The second-order valence-electron chi connectivity index (χ2n) is 7.04. The van der Waals surface area contributed by atoms with Crippen LogP contribution in [0.3, 0.4) is 0 Å². The number of nitrogens with zero attached hydrogens (tertiary/aromatic N) is 2. The van der Waals surface area contributed by atoms with E-state index in [-0.39, 0.29) is 10.8 Å². The van der Waals surface area contributed by atoms with Gasteiger partial charge in [0.25, 0.3) is 15.9 Å². The number of amides is 1. The lowest BCUT2D eigenvalue weighted by Crippen LogP contribution is -2.41. The van der Waals surface area contributed by atoms with Gasteiger partial charge in [-0.15, -0.1) is 0 Å². The predicted molar refractivity (Wildman–Crippen MR) is 113 cm³/mol. The molecule has 1 saturated heterocycles. The molecule has 0 atom stereocenters. The van der Waals surface area contributed by atoms with Crippen molar-refractivity contribution in [1.82, 2.24) is 10.2 Å². The number of anilines is 1. The van der Waals surface area contributed by atoms with Gasteiger partial charge in [-0.1, -0.05) is 17.7 Å². The monoisotopic (exact) mass is 417 g/mol. The Hall–Kier alpha value is -2.42. The lowest BCUT2D eigenvalue weighted by Gasteiger charge is -2.26. The van der Waals surface area contributed by atoms with E-state index in [1.54, 1.807) is 48.5 Å². The summed E-state index contributed by atoms with van der Waals surface area (Å²) in [4.78, 5) is 14.8. The van der Waals surface area contributed by atoms with Gasteiger partial charge in [-0.05, 0) is 43.3 Å². The van der Waals surface area contributed by atoms with Crippen molar-refractivity contribution in [3.8, 4) is 0 Å². The molecule has 1 fully saturated rings. The van der Waals surface area contributed by atoms with Crippen LogP contribution >= 0.6 is 0 Å². The van der Waals surface area contributed by atoms with Gasteiger partial charge >= 0.3 is 0 Å². The fourth-order valence-corrected chi connectivity index (χ4v) is 4.28. The summed E-state index contributed by atoms with van der Waals surface area (Å²) < 4.78 is 32.1. The number of carbonyl (C=O) groups is 1. The molecule has 7 nitrogen and oxygen atoms in total. The number of hydrogen-bond acceptors (Lipinski definition) is 5. The molecule has 1 N–H and O–H groups in total. The molecule has 0 saturated carbocycles. The van der Waals surface area contributed by atoms with Gasteiger partial charge in [0, 0.05) is 38.8 Å². The SMILES string of the molecule is Cc1ccc(S(=O)(=O)N(C)c2ccc(C(=O)NCCN3CCOCC3)cc2)cc1. The van der Waals surface area contributed by atoms with Crippen LogP contribution in [0, 0.1) is 6.92 Å². The van der Waals surface area contributed by atoms with E-state index in [9.17, 15) is 13.2 Å². The van der Waals surface area contributed by atoms with Crippen molar-refractivity contribution in [3.63, 3.8) is 0 Å². The fraction of sp³-hybridized carbons (Fsp3) is 0.381. The molecule has 0 bridgehead atoms. The molecule has 1 aliphatic heterocycles. The summed E-state index contributed by atoms with van der Waals surface area (Å²) >= 11 is 0. The zero-order chi connectivity index (χ0) is 20.9. The molecule has 0 unspecified atom stereocenters. The van der Waals surface area contributed by atoms with E-state index in [2.05, 4.69) is 10.2 Å². The molecule has 29 heavy (non-hydrogen) atoms. The maximum Gasteiger partial charge on any atom is 0.264 e. The Morgan fingerprint density at radius 2 is 1.69 bits per heavy atom. The number of rotatable bonds is 7. The van der Waals surface area contributed by atoms with E-state index >= 15 is 0 Å². The lowest BCUT2D eigenvalue weighted by molar-refractivity contribution is 0.0383. The minimum absolute atomic E-state index is 0.172. The van der Waals surface area contributed by atoms with E-state index in [0.717, 1.165) is 38.4 Å². The molecule has 2 aromatic rings. The maximum absolute atomic E-state index is 12.8. The van der Waals surface area contributed by atoms with Crippen LogP contribution in [0.2, 0.25) is 0 Å². The first kappa shape index (κ1) is 21.3. The molecular formula is C21H27N3O4S. The lowest BCUT2D eigenvalue weighted by atomic mass is 10.2. The third-order valence-corrected chi connectivity index (χ3v) is 6.79. The van der Waals surface area contributed by atoms with Crippen LogP contribution in [0.1, 0.15) is 15.9 Å². The molecule has 0 radical (unpaired) electrons. The van der Waals surface area contributed by atoms with Crippen molar-refractivity contribution in [2.75, 3.05) is 50.7 Å². The highest BCUT2D eigenvalue weighted by atomic mass is 32.2. The summed E-state index contributed by atoms with van der Waals surface area (Å²) in [7, 11) is -2.14. The molecule has 2 aromatic carbocycles. The summed E-state index contributed by atoms with van der Waals surface area (Å²) in [6.07, 6.45) is 0. The Morgan fingerprint density at radius 1 is 1.07 bits per heavy atom. The molecule has 1 amide bonds. The summed E-state index contributed by atoms with van der Waals surface area (Å²) in [5.41, 5.74) is 1.99. The standard InChI is InChI=1S/C21H27N3O4S/c1-17-3-9-20(10-4-17)29(26,27)23(2)19-7-5-18(6-8-19)21(25)22-11-12-24-13-15-28-16-14-24/h3-10H,11-16H2,1-2H3,(H,22,25). The van der Waals surface area contributed by atoms with Gasteiger partial charge in [0.1, 0.15) is 0 Å². The topological polar surface area (TPSA) is 79.0 Å². The van der Waals surface area contributed by atoms with Gasteiger partial charge in [-0.3, -0.25) is 14.0 Å². The Morgan fingerprint density at radius 3 is 2.31 bits per heavy atom. The van der Waals surface area contributed by atoms with Gasteiger partial charge < -0.3 is 10.1 Å². The summed E-state index contributed by atoms with van der Waals surface area (Å²) in [5.74, 6) is -0.172. The molecule has 156 valence electrons. The van der Waals surface area contributed by atoms with Crippen LogP contribution < -0.4 is 9.62 Å². The number of carbonyl (C=O) groups excluding carboxylic acids is 1.